The molecule has 4 nitrogen and oxygen atoms in total. The van der Waals surface area contributed by atoms with Crippen LogP contribution in [-0.2, 0) is 6.61 Å². The van der Waals surface area contributed by atoms with Crippen molar-refractivity contribution in [3.63, 3.8) is 0 Å². The fraction of sp³-hybridized carbons (Fsp3) is 0.231. The van der Waals surface area contributed by atoms with Gasteiger partial charge >= 0.3 is 0 Å². The molecule has 148 valence electrons. The molecule has 0 aliphatic heterocycles. The van der Waals surface area contributed by atoms with Crippen LogP contribution in [0.2, 0.25) is 0 Å². The summed E-state index contributed by atoms with van der Waals surface area (Å²) in [5, 5.41) is 9.27. The number of hydrogen-bond acceptors (Lipinski definition) is 3. The van der Waals surface area contributed by atoms with Crippen LogP contribution in [0, 0.1) is 11.3 Å². The van der Waals surface area contributed by atoms with Gasteiger partial charge < -0.3 is 9.30 Å². The van der Waals surface area contributed by atoms with Gasteiger partial charge in [0.25, 0.3) is 0 Å². The summed E-state index contributed by atoms with van der Waals surface area (Å²) >= 11 is 0. The zero-order valence-electron chi connectivity index (χ0n) is 16.8. The smallest absolute Gasteiger partial charge is 0.141 e. The SMILES string of the molecule is N#Cc1ccc2c(c1)nc(-c1ccc(OCc3ccccc3)cc1)n2C1CCCC1. The predicted octanol–water partition coefficient (Wildman–Crippen LogP) is 6.27. The van der Waals surface area contributed by atoms with E-state index in [4.69, 9.17) is 9.72 Å². The summed E-state index contributed by atoms with van der Waals surface area (Å²) in [6, 6.07) is 26.9. The molecular weight excluding hydrogens is 370 g/mol. The van der Waals surface area contributed by atoms with Crippen molar-refractivity contribution >= 4 is 11.0 Å². The first kappa shape index (κ1) is 18.4. The van der Waals surface area contributed by atoms with E-state index in [1.165, 1.54) is 25.7 Å². The topological polar surface area (TPSA) is 50.8 Å². The van der Waals surface area contributed by atoms with Gasteiger partial charge in [-0.05, 0) is 60.9 Å². The van der Waals surface area contributed by atoms with E-state index >= 15 is 0 Å². The number of nitrogens with zero attached hydrogens (tertiary/aromatic N) is 3. The highest BCUT2D eigenvalue weighted by molar-refractivity contribution is 5.82. The number of nitriles is 1. The lowest BCUT2D eigenvalue weighted by molar-refractivity contribution is 0.306. The van der Waals surface area contributed by atoms with Crippen LogP contribution < -0.4 is 4.74 Å². The van der Waals surface area contributed by atoms with Gasteiger partial charge in [-0.15, -0.1) is 0 Å². The summed E-state index contributed by atoms with van der Waals surface area (Å²) in [6.07, 6.45) is 4.87. The summed E-state index contributed by atoms with van der Waals surface area (Å²) in [5.41, 5.74) is 4.87. The maximum Gasteiger partial charge on any atom is 0.141 e. The van der Waals surface area contributed by atoms with E-state index in [9.17, 15) is 5.26 Å². The van der Waals surface area contributed by atoms with Crippen molar-refractivity contribution in [2.75, 3.05) is 0 Å². The van der Waals surface area contributed by atoms with E-state index in [2.05, 4.69) is 34.9 Å². The quantitative estimate of drug-likeness (QED) is 0.401. The van der Waals surface area contributed by atoms with Crippen molar-refractivity contribution in [2.24, 2.45) is 0 Å². The minimum absolute atomic E-state index is 0.465. The summed E-state index contributed by atoms with van der Waals surface area (Å²) in [5.74, 6) is 1.82. The van der Waals surface area contributed by atoms with Gasteiger partial charge in [-0.3, -0.25) is 0 Å². The Bertz CT molecular complexity index is 1200. The summed E-state index contributed by atoms with van der Waals surface area (Å²) < 4.78 is 8.32. The Balaban J connectivity index is 1.47. The first-order valence-electron chi connectivity index (χ1n) is 10.5. The highest BCUT2D eigenvalue weighted by atomic mass is 16.5. The molecule has 0 bridgehead atoms. The van der Waals surface area contributed by atoms with Crippen LogP contribution in [0.4, 0.5) is 0 Å². The normalized spacial score (nSPS) is 14.1. The van der Waals surface area contributed by atoms with Crippen molar-refractivity contribution in [3.05, 3.63) is 83.9 Å². The minimum Gasteiger partial charge on any atom is -0.489 e. The molecule has 0 radical (unpaired) electrons. The number of fused-ring (bicyclic) bond motifs is 1. The molecule has 0 unspecified atom stereocenters. The largest absolute Gasteiger partial charge is 0.489 e. The van der Waals surface area contributed by atoms with Gasteiger partial charge in [0.05, 0.1) is 22.7 Å². The van der Waals surface area contributed by atoms with Crippen molar-refractivity contribution in [2.45, 2.75) is 38.3 Å². The second-order valence-electron chi connectivity index (χ2n) is 7.86. The minimum atomic E-state index is 0.465. The van der Waals surface area contributed by atoms with E-state index in [0.717, 1.165) is 33.7 Å². The van der Waals surface area contributed by atoms with Crippen molar-refractivity contribution in [1.82, 2.24) is 9.55 Å². The summed E-state index contributed by atoms with van der Waals surface area (Å²) in [6.45, 7) is 0.553. The zero-order valence-corrected chi connectivity index (χ0v) is 16.8. The standard InChI is InChI=1S/C26H23N3O/c27-17-20-10-15-25-24(16-20)28-26(29(25)22-8-4-5-9-22)21-11-13-23(14-12-21)30-18-19-6-2-1-3-7-19/h1-3,6-7,10-16,22H,4-5,8-9,18H2. The molecule has 0 N–H and O–H groups in total. The number of rotatable bonds is 5. The predicted molar refractivity (Wildman–Crippen MR) is 118 cm³/mol. The number of imidazole rings is 1. The Morgan fingerprint density at radius 2 is 1.73 bits per heavy atom. The first-order valence-corrected chi connectivity index (χ1v) is 10.5. The first-order chi connectivity index (χ1) is 14.8. The second kappa shape index (κ2) is 8.04. The van der Waals surface area contributed by atoms with E-state index in [-0.39, 0.29) is 0 Å². The van der Waals surface area contributed by atoms with E-state index < -0.39 is 0 Å². The van der Waals surface area contributed by atoms with Crippen molar-refractivity contribution in [1.29, 1.82) is 5.26 Å². The third kappa shape index (κ3) is 3.55. The molecule has 3 aromatic carbocycles. The number of hydrogen-bond donors (Lipinski definition) is 0. The molecule has 4 aromatic rings. The Hall–Kier alpha value is -3.58. The summed E-state index contributed by atoms with van der Waals surface area (Å²) in [7, 11) is 0. The monoisotopic (exact) mass is 393 g/mol. The maximum absolute atomic E-state index is 9.27. The fourth-order valence-corrected chi connectivity index (χ4v) is 4.35. The van der Waals surface area contributed by atoms with Gasteiger partial charge in [-0.25, -0.2) is 4.98 Å². The molecule has 1 heterocycles. The third-order valence-electron chi connectivity index (χ3n) is 5.87. The fourth-order valence-electron chi connectivity index (χ4n) is 4.35. The van der Waals surface area contributed by atoms with Gasteiger partial charge in [-0.1, -0.05) is 43.2 Å². The second-order valence-corrected chi connectivity index (χ2v) is 7.86. The van der Waals surface area contributed by atoms with Crippen molar-refractivity contribution in [3.8, 4) is 23.2 Å². The van der Waals surface area contributed by atoms with Crippen LogP contribution in [0.15, 0.2) is 72.8 Å². The van der Waals surface area contributed by atoms with E-state index in [1.54, 1.807) is 0 Å². The van der Waals surface area contributed by atoms with Gasteiger partial charge in [0.15, 0.2) is 0 Å². The number of aromatic nitrogens is 2. The van der Waals surface area contributed by atoms with E-state index in [1.807, 2.05) is 48.5 Å². The maximum atomic E-state index is 9.27. The highest BCUT2D eigenvalue weighted by Gasteiger charge is 2.23. The molecular formula is C26H23N3O. The van der Waals surface area contributed by atoms with Crippen LogP contribution >= 0.6 is 0 Å². The Labute approximate surface area is 176 Å². The van der Waals surface area contributed by atoms with Crippen LogP contribution in [0.25, 0.3) is 22.4 Å². The van der Waals surface area contributed by atoms with Gasteiger partial charge in [0, 0.05) is 11.6 Å². The molecule has 4 heteroatoms. The van der Waals surface area contributed by atoms with Crippen LogP contribution in [0.1, 0.15) is 42.9 Å². The van der Waals surface area contributed by atoms with Gasteiger partial charge in [0.1, 0.15) is 18.2 Å². The molecule has 1 saturated carbocycles. The Kier molecular flexibility index (Phi) is 4.94. The molecule has 1 aromatic heterocycles. The lowest BCUT2D eigenvalue weighted by Crippen LogP contribution is -2.06. The number of ether oxygens (including phenoxy) is 1. The Morgan fingerprint density at radius 1 is 0.967 bits per heavy atom. The van der Waals surface area contributed by atoms with Gasteiger partial charge in [0.2, 0.25) is 0 Å². The molecule has 1 aliphatic rings. The third-order valence-corrected chi connectivity index (χ3v) is 5.87. The number of benzene rings is 3. The lowest BCUT2D eigenvalue weighted by atomic mass is 10.1. The average Bonchev–Trinajstić information content (AvgIpc) is 3.46. The lowest BCUT2D eigenvalue weighted by Gasteiger charge is -2.17. The summed E-state index contributed by atoms with van der Waals surface area (Å²) in [4.78, 5) is 4.93. The molecule has 0 saturated heterocycles. The molecule has 5 rings (SSSR count). The molecule has 30 heavy (non-hydrogen) atoms. The van der Waals surface area contributed by atoms with Crippen LogP contribution in [-0.4, -0.2) is 9.55 Å². The molecule has 1 aliphatic carbocycles. The van der Waals surface area contributed by atoms with Crippen molar-refractivity contribution < 1.29 is 4.74 Å². The average molecular weight is 393 g/mol. The highest BCUT2D eigenvalue weighted by Crippen LogP contribution is 2.37. The Morgan fingerprint density at radius 3 is 2.47 bits per heavy atom. The molecule has 1 fully saturated rings. The molecule has 0 atom stereocenters. The van der Waals surface area contributed by atoms with Crippen LogP contribution in [0.3, 0.4) is 0 Å². The van der Waals surface area contributed by atoms with Crippen LogP contribution in [0.5, 0.6) is 5.75 Å². The van der Waals surface area contributed by atoms with E-state index in [0.29, 0.717) is 18.2 Å². The molecule has 0 spiro atoms. The molecule has 0 amide bonds. The zero-order chi connectivity index (χ0) is 20.3. The van der Waals surface area contributed by atoms with Gasteiger partial charge in [-0.2, -0.15) is 5.26 Å².